The SMILES string of the molecule is Cc1ccc2c(c1)CCCN2c1c(Cl)cccc1C(=O)O. The molecule has 0 spiro atoms. The summed E-state index contributed by atoms with van der Waals surface area (Å²) < 4.78 is 0. The minimum absolute atomic E-state index is 0.246. The molecule has 1 N–H and O–H groups in total. The first-order valence-corrected chi connectivity index (χ1v) is 7.34. The first kappa shape index (κ1) is 14.0. The highest BCUT2D eigenvalue weighted by Gasteiger charge is 2.24. The highest BCUT2D eigenvalue weighted by molar-refractivity contribution is 6.34. The Morgan fingerprint density at radius 1 is 1.29 bits per heavy atom. The highest BCUT2D eigenvalue weighted by Crippen LogP contribution is 2.39. The number of fused-ring (bicyclic) bond motifs is 1. The lowest BCUT2D eigenvalue weighted by molar-refractivity contribution is 0.0697. The number of nitrogens with zero attached hydrogens (tertiary/aromatic N) is 1. The van der Waals surface area contributed by atoms with E-state index in [4.69, 9.17) is 11.6 Å². The van der Waals surface area contributed by atoms with Gasteiger partial charge in [0.2, 0.25) is 0 Å². The van der Waals surface area contributed by atoms with E-state index in [0.29, 0.717) is 10.7 Å². The molecule has 2 aromatic carbocycles. The number of anilines is 2. The second kappa shape index (κ2) is 5.41. The molecule has 0 atom stereocenters. The molecule has 3 rings (SSSR count). The Hall–Kier alpha value is -2.00. The zero-order valence-electron chi connectivity index (χ0n) is 11.8. The van der Waals surface area contributed by atoms with Crippen LogP contribution in [-0.4, -0.2) is 17.6 Å². The molecule has 0 saturated heterocycles. The van der Waals surface area contributed by atoms with E-state index in [-0.39, 0.29) is 5.56 Å². The molecule has 0 radical (unpaired) electrons. The second-order valence-electron chi connectivity index (χ2n) is 5.33. The number of aryl methyl sites for hydroxylation is 2. The Morgan fingerprint density at radius 3 is 2.86 bits per heavy atom. The van der Waals surface area contributed by atoms with E-state index < -0.39 is 5.97 Å². The normalized spacial score (nSPS) is 13.9. The van der Waals surface area contributed by atoms with Gasteiger partial charge in [0.25, 0.3) is 0 Å². The van der Waals surface area contributed by atoms with Crippen LogP contribution in [0.25, 0.3) is 0 Å². The van der Waals surface area contributed by atoms with Crippen molar-refractivity contribution < 1.29 is 9.90 Å². The Morgan fingerprint density at radius 2 is 2.10 bits per heavy atom. The molecule has 108 valence electrons. The molecule has 0 aliphatic carbocycles. The molecule has 2 aromatic rings. The van der Waals surface area contributed by atoms with Gasteiger partial charge >= 0.3 is 5.97 Å². The van der Waals surface area contributed by atoms with Gasteiger partial charge in [-0.25, -0.2) is 4.79 Å². The van der Waals surface area contributed by atoms with Crippen LogP contribution in [0.5, 0.6) is 0 Å². The van der Waals surface area contributed by atoms with Gasteiger partial charge in [-0.1, -0.05) is 35.4 Å². The van der Waals surface area contributed by atoms with Crippen molar-refractivity contribution in [2.75, 3.05) is 11.4 Å². The third-order valence-electron chi connectivity index (χ3n) is 3.84. The number of carbonyl (C=O) groups is 1. The van der Waals surface area contributed by atoms with Gasteiger partial charge in [-0.15, -0.1) is 0 Å². The van der Waals surface area contributed by atoms with Gasteiger partial charge in [0.15, 0.2) is 0 Å². The summed E-state index contributed by atoms with van der Waals surface area (Å²) in [6.45, 7) is 2.84. The maximum Gasteiger partial charge on any atom is 0.337 e. The van der Waals surface area contributed by atoms with Crippen LogP contribution >= 0.6 is 11.6 Å². The summed E-state index contributed by atoms with van der Waals surface area (Å²) in [6.07, 6.45) is 2.00. The van der Waals surface area contributed by atoms with Crippen molar-refractivity contribution in [1.82, 2.24) is 0 Å². The van der Waals surface area contributed by atoms with Crippen LogP contribution in [0, 0.1) is 6.92 Å². The lowest BCUT2D eigenvalue weighted by Gasteiger charge is -2.33. The van der Waals surface area contributed by atoms with Crippen LogP contribution in [0.15, 0.2) is 36.4 Å². The summed E-state index contributed by atoms with van der Waals surface area (Å²) in [6, 6.07) is 11.3. The van der Waals surface area contributed by atoms with E-state index in [1.54, 1.807) is 18.2 Å². The Balaban J connectivity index is 2.18. The first-order chi connectivity index (χ1) is 10.1. The van der Waals surface area contributed by atoms with Crippen molar-refractivity contribution >= 4 is 28.9 Å². The molecule has 0 bridgehead atoms. The molecular formula is C17H16ClNO2. The summed E-state index contributed by atoms with van der Waals surface area (Å²) in [5.41, 5.74) is 4.36. The van der Waals surface area contributed by atoms with Crippen molar-refractivity contribution in [3.05, 3.63) is 58.1 Å². The van der Waals surface area contributed by atoms with E-state index in [2.05, 4.69) is 25.1 Å². The van der Waals surface area contributed by atoms with Gasteiger partial charge in [0, 0.05) is 12.2 Å². The molecule has 4 heteroatoms. The van der Waals surface area contributed by atoms with Gasteiger partial charge < -0.3 is 10.0 Å². The van der Waals surface area contributed by atoms with Crippen molar-refractivity contribution in [2.24, 2.45) is 0 Å². The molecule has 0 saturated carbocycles. The number of hydrogen-bond acceptors (Lipinski definition) is 2. The quantitative estimate of drug-likeness (QED) is 0.892. The van der Waals surface area contributed by atoms with Gasteiger partial charge in [-0.2, -0.15) is 0 Å². The van der Waals surface area contributed by atoms with E-state index in [9.17, 15) is 9.90 Å². The fourth-order valence-electron chi connectivity index (χ4n) is 2.92. The number of halogens is 1. The monoisotopic (exact) mass is 301 g/mol. The Kier molecular flexibility index (Phi) is 3.60. The topological polar surface area (TPSA) is 40.5 Å². The molecular weight excluding hydrogens is 286 g/mol. The largest absolute Gasteiger partial charge is 0.478 e. The number of carboxylic acid groups (broad SMARTS) is 1. The van der Waals surface area contributed by atoms with Gasteiger partial charge in [-0.3, -0.25) is 0 Å². The van der Waals surface area contributed by atoms with Crippen LogP contribution < -0.4 is 4.90 Å². The maximum absolute atomic E-state index is 11.5. The van der Waals surface area contributed by atoms with Crippen molar-refractivity contribution in [2.45, 2.75) is 19.8 Å². The highest BCUT2D eigenvalue weighted by atomic mass is 35.5. The first-order valence-electron chi connectivity index (χ1n) is 6.97. The number of rotatable bonds is 2. The summed E-state index contributed by atoms with van der Waals surface area (Å²) in [5, 5.41) is 9.90. The number of aromatic carboxylic acids is 1. The second-order valence-corrected chi connectivity index (χ2v) is 5.74. The van der Waals surface area contributed by atoms with Gasteiger partial charge in [-0.05, 0) is 43.5 Å². The van der Waals surface area contributed by atoms with Crippen molar-refractivity contribution in [3.8, 4) is 0 Å². The average molecular weight is 302 g/mol. The smallest absolute Gasteiger partial charge is 0.337 e. The van der Waals surface area contributed by atoms with Crippen LogP contribution in [0.1, 0.15) is 27.9 Å². The van der Waals surface area contributed by atoms with Gasteiger partial charge in [0.1, 0.15) is 0 Å². The Labute approximate surface area is 128 Å². The summed E-state index contributed by atoms with van der Waals surface area (Å²) in [4.78, 5) is 13.5. The van der Waals surface area contributed by atoms with Crippen LogP contribution in [0.2, 0.25) is 5.02 Å². The molecule has 0 amide bonds. The molecule has 1 aliphatic rings. The minimum Gasteiger partial charge on any atom is -0.478 e. The molecule has 3 nitrogen and oxygen atoms in total. The van der Waals surface area contributed by atoms with Gasteiger partial charge in [0.05, 0.1) is 16.3 Å². The minimum atomic E-state index is -0.952. The molecule has 1 aliphatic heterocycles. The predicted molar refractivity (Wildman–Crippen MR) is 84.9 cm³/mol. The lowest BCUT2D eigenvalue weighted by Crippen LogP contribution is -2.26. The van der Waals surface area contributed by atoms with E-state index >= 15 is 0 Å². The zero-order chi connectivity index (χ0) is 15.0. The van der Waals surface area contributed by atoms with Crippen molar-refractivity contribution in [1.29, 1.82) is 0 Å². The van der Waals surface area contributed by atoms with Crippen LogP contribution in [0.4, 0.5) is 11.4 Å². The number of benzene rings is 2. The molecule has 21 heavy (non-hydrogen) atoms. The lowest BCUT2D eigenvalue weighted by atomic mass is 9.98. The summed E-state index contributed by atoms with van der Waals surface area (Å²) in [7, 11) is 0. The molecule has 1 heterocycles. The fourth-order valence-corrected chi connectivity index (χ4v) is 3.20. The average Bonchev–Trinajstić information content (AvgIpc) is 2.46. The van der Waals surface area contributed by atoms with E-state index in [0.717, 1.165) is 25.1 Å². The number of hydrogen-bond donors (Lipinski definition) is 1. The van der Waals surface area contributed by atoms with E-state index in [1.807, 2.05) is 4.90 Å². The van der Waals surface area contributed by atoms with Crippen LogP contribution in [-0.2, 0) is 6.42 Å². The van der Waals surface area contributed by atoms with E-state index in [1.165, 1.54) is 11.1 Å². The zero-order valence-corrected chi connectivity index (χ0v) is 12.5. The third kappa shape index (κ3) is 2.49. The van der Waals surface area contributed by atoms with Crippen molar-refractivity contribution in [3.63, 3.8) is 0 Å². The third-order valence-corrected chi connectivity index (χ3v) is 4.15. The standard InChI is InChI=1S/C17H16ClNO2/c1-11-7-8-15-12(10-11)4-3-9-19(15)16-13(17(20)21)5-2-6-14(16)18/h2,5-8,10H,3-4,9H2,1H3,(H,20,21). The molecule has 0 aromatic heterocycles. The predicted octanol–water partition coefficient (Wildman–Crippen LogP) is 4.43. The summed E-state index contributed by atoms with van der Waals surface area (Å²) in [5.74, 6) is -0.952. The fraction of sp³-hybridized carbons (Fsp3) is 0.235. The number of para-hydroxylation sites is 1. The molecule has 0 fully saturated rings. The molecule has 0 unspecified atom stereocenters. The summed E-state index contributed by atoms with van der Waals surface area (Å²) >= 11 is 6.30. The number of carboxylic acids is 1. The maximum atomic E-state index is 11.5. The Bertz CT molecular complexity index is 712. The van der Waals surface area contributed by atoms with Crippen LogP contribution in [0.3, 0.4) is 0 Å².